The van der Waals surface area contributed by atoms with Crippen molar-refractivity contribution in [2.45, 2.75) is 6.42 Å². The number of halogens is 1. The van der Waals surface area contributed by atoms with Crippen LogP contribution in [-0.4, -0.2) is 12.1 Å². The van der Waals surface area contributed by atoms with Gasteiger partial charge in [0, 0.05) is 21.8 Å². The maximum absolute atomic E-state index is 5.26. The minimum Gasteiger partial charge on any atom is -0.497 e. The molecule has 4 heteroatoms. The lowest BCUT2D eigenvalue weighted by Gasteiger charge is -2.02. The highest BCUT2D eigenvalue weighted by molar-refractivity contribution is 9.10. The van der Waals surface area contributed by atoms with Gasteiger partial charge in [0.1, 0.15) is 5.75 Å². The van der Waals surface area contributed by atoms with Crippen molar-refractivity contribution in [3.05, 3.63) is 69.0 Å². The Morgan fingerprint density at radius 1 is 1.14 bits per heavy atom. The van der Waals surface area contributed by atoms with E-state index in [2.05, 4.69) is 45.6 Å². The third-order valence-corrected chi connectivity index (χ3v) is 4.56. The standard InChI is InChI=1S/C17H14BrNOS/c1-20-15-4-2-3-12(9-15)10-17-19-16(11-21-17)13-5-7-14(18)8-6-13/h2-9,11H,10H2,1H3. The van der Waals surface area contributed by atoms with Crippen LogP contribution in [0.3, 0.4) is 0 Å². The molecular weight excluding hydrogens is 346 g/mol. The Bertz CT molecular complexity index is 737. The third-order valence-electron chi connectivity index (χ3n) is 3.18. The first-order valence-electron chi connectivity index (χ1n) is 6.58. The lowest BCUT2D eigenvalue weighted by Crippen LogP contribution is -1.89. The Morgan fingerprint density at radius 2 is 1.95 bits per heavy atom. The van der Waals surface area contributed by atoms with E-state index in [-0.39, 0.29) is 0 Å². The second-order valence-corrected chi connectivity index (χ2v) is 6.52. The molecule has 0 saturated heterocycles. The zero-order valence-corrected chi connectivity index (χ0v) is 13.9. The van der Waals surface area contributed by atoms with E-state index in [0.29, 0.717) is 0 Å². The fourth-order valence-corrected chi connectivity index (χ4v) is 3.20. The monoisotopic (exact) mass is 359 g/mol. The molecule has 0 aliphatic carbocycles. The number of rotatable bonds is 4. The largest absolute Gasteiger partial charge is 0.497 e. The Labute approximate surface area is 136 Å². The zero-order valence-electron chi connectivity index (χ0n) is 11.5. The third kappa shape index (κ3) is 3.52. The van der Waals surface area contributed by atoms with Gasteiger partial charge in [-0.3, -0.25) is 0 Å². The van der Waals surface area contributed by atoms with Crippen LogP contribution in [0.1, 0.15) is 10.6 Å². The number of methoxy groups -OCH3 is 1. The van der Waals surface area contributed by atoms with Crippen molar-refractivity contribution in [2.24, 2.45) is 0 Å². The molecule has 0 radical (unpaired) electrons. The Kier molecular flexibility index (Phi) is 4.36. The van der Waals surface area contributed by atoms with Gasteiger partial charge in [-0.1, -0.05) is 40.2 Å². The number of ether oxygens (including phenoxy) is 1. The molecule has 1 heterocycles. The van der Waals surface area contributed by atoms with Crippen molar-refractivity contribution in [3.63, 3.8) is 0 Å². The van der Waals surface area contributed by atoms with Gasteiger partial charge < -0.3 is 4.74 Å². The first-order chi connectivity index (χ1) is 10.2. The number of benzene rings is 2. The summed E-state index contributed by atoms with van der Waals surface area (Å²) >= 11 is 5.14. The average Bonchev–Trinajstić information content (AvgIpc) is 2.96. The van der Waals surface area contributed by atoms with Crippen LogP contribution >= 0.6 is 27.3 Å². The highest BCUT2D eigenvalue weighted by Gasteiger charge is 2.06. The maximum Gasteiger partial charge on any atom is 0.119 e. The van der Waals surface area contributed by atoms with Crippen LogP contribution in [0.25, 0.3) is 11.3 Å². The Morgan fingerprint density at radius 3 is 2.71 bits per heavy atom. The van der Waals surface area contributed by atoms with Crippen molar-refractivity contribution in [1.82, 2.24) is 4.98 Å². The molecule has 106 valence electrons. The molecule has 3 aromatic rings. The van der Waals surface area contributed by atoms with Gasteiger partial charge in [-0.2, -0.15) is 0 Å². The summed E-state index contributed by atoms with van der Waals surface area (Å²) in [5.41, 5.74) is 3.39. The van der Waals surface area contributed by atoms with Gasteiger partial charge in [0.15, 0.2) is 0 Å². The van der Waals surface area contributed by atoms with E-state index >= 15 is 0 Å². The van der Waals surface area contributed by atoms with E-state index in [0.717, 1.165) is 32.9 Å². The van der Waals surface area contributed by atoms with Crippen molar-refractivity contribution >= 4 is 27.3 Å². The van der Waals surface area contributed by atoms with E-state index in [9.17, 15) is 0 Å². The van der Waals surface area contributed by atoms with E-state index in [4.69, 9.17) is 9.72 Å². The fourth-order valence-electron chi connectivity index (χ4n) is 2.10. The first kappa shape index (κ1) is 14.3. The highest BCUT2D eigenvalue weighted by Crippen LogP contribution is 2.25. The van der Waals surface area contributed by atoms with Crippen molar-refractivity contribution < 1.29 is 4.74 Å². The summed E-state index contributed by atoms with van der Waals surface area (Å²) in [5, 5.41) is 3.22. The molecule has 21 heavy (non-hydrogen) atoms. The van der Waals surface area contributed by atoms with Gasteiger partial charge in [-0.05, 0) is 29.8 Å². The minimum absolute atomic E-state index is 0.832. The van der Waals surface area contributed by atoms with Gasteiger partial charge in [0.05, 0.1) is 17.8 Å². The van der Waals surface area contributed by atoms with E-state index in [1.54, 1.807) is 18.4 Å². The molecule has 0 unspecified atom stereocenters. The van der Waals surface area contributed by atoms with Crippen LogP contribution in [0.2, 0.25) is 0 Å². The molecule has 0 amide bonds. The Balaban J connectivity index is 1.80. The molecule has 1 aromatic heterocycles. The summed E-state index contributed by atoms with van der Waals surface area (Å²) < 4.78 is 6.34. The average molecular weight is 360 g/mol. The molecule has 2 nitrogen and oxygen atoms in total. The molecule has 2 aromatic carbocycles. The van der Waals surface area contributed by atoms with Gasteiger partial charge in [0.25, 0.3) is 0 Å². The lowest BCUT2D eigenvalue weighted by atomic mass is 10.1. The van der Waals surface area contributed by atoms with Crippen LogP contribution in [0.4, 0.5) is 0 Å². The van der Waals surface area contributed by atoms with Gasteiger partial charge in [-0.25, -0.2) is 4.98 Å². The van der Waals surface area contributed by atoms with Gasteiger partial charge in [0.2, 0.25) is 0 Å². The molecule has 0 spiro atoms. The normalized spacial score (nSPS) is 10.6. The number of hydrogen-bond donors (Lipinski definition) is 0. The van der Waals surface area contributed by atoms with E-state index < -0.39 is 0 Å². The summed E-state index contributed by atoms with van der Waals surface area (Å²) in [6, 6.07) is 16.4. The highest BCUT2D eigenvalue weighted by atomic mass is 79.9. The smallest absolute Gasteiger partial charge is 0.119 e. The van der Waals surface area contributed by atoms with E-state index in [1.807, 2.05) is 24.3 Å². The minimum atomic E-state index is 0.832. The predicted octanol–water partition coefficient (Wildman–Crippen LogP) is 5.17. The van der Waals surface area contributed by atoms with Crippen LogP contribution in [0.5, 0.6) is 5.75 Å². The van der Waals surface area contributed by atoms with Crippen LogP contribution in [-0.2, 0) is 6.42 Å². The summed E-state index contributed by atoms with van der Waals surface area (Å²) in [7, 11) is 1.69. The molecule has 3 rings (SSSR count). The molecule has 0 aliphatic heterocycles. The van der Waals surface area contributed by atoms with Crippen LogP contribution in [0, 0.1) is 0 Å². The molecule has 0 N–H and O–H groups in total. The van der Waals surface area contributed by atoms with Crippen molar-refractivity contribution in [3.8, 4) is 17.0 Å². The molecule has 0 saturated carbocycles. The van der Waals surface area contributed by atoms with Gasteiger partial charge >= 0.3 is 0 Å². The van der Waals surface area contributed by atoms with Crippen LogP contribution in [0.15, 0.2) is 58.4 Å². The molecule has 0 atom stereocenters. The number of nitrogens with zero attached hydrogens (tertiary/aromatic N) is 1. The number of aromatic nitrogens is 1. The fraction of sp³-hybridized carbons (Fsp3) is 0.118. The number of hydrogen-bond acceptors (Lipinski definition) is 3. The summed E-state index contributed by atoms with van der Waals surface area (Å²) in [4.78, 5) is 4.72. The molecule has 0 fully saturated rings. The lowest BCUT2D eigenvalue weighted by molar-refractivity contribution is 0.414. The van der Waals surface area contributed by atoms with Gasteiger partial charge in [-0.15, -0.1) is 11.3 Å². The quantitative estimate of drug-likeness (QED) is 0.640. The van der Waals surface area contributed by atoms with Crippen molar-refractivity contribution in [2.75, 3.05) is 7.11 Å². The molecular formula is C17H14BrNOS. The second-order valence-electron chi connectivity index (χ2n) is 4.66. The zero-order chi connectivity index (χ0) is 14.7. The number of thiazole rings is 1. The Hall–Kier alpha value is -1.65. The summed E-state index contributed by atoms with van der Waals surface area (Å²) in [6.07, 6.45) is 0.832. The van der Waals surface area contributed by atoms with Crippen molar-refractivity contribution in [1.29, 1.82) is 0 Å². The summed E-state index contributed by atoms with van der Waals surface area (Å²) in [5.74, 6) is 0.886. The maximum atomic E-state index is 5.26. The predicted molar refractivity (Wildman–Crippen MR) is 91.1 cm³/mol. The summed E-state index contributed by atoms with van der Waals surface area (Å²) in [6.45, 7) is 0. The molecule has 0 bridgehead atoms. The molecule has 0 aliphatic rings. The topological polar surface area (TPSA) is 22.1 Å². The first-order valence-corrected chi connectivity index (χ1v) is 8.25. The second kappa shape index (κ2) is 6.41. The van der Waals surface area contributed by atoms with E-state index in [1.165, 1.54) is 5.56 Å². The SMILES string of the molecule is COc1cccc(Cc2nc(-c3ccc(Br)cc3)cs2)c1. The van der Waals surface area contributed by atoms with Crippen LogP contribution < -0.4 is 4.74 Å².